The Hall–Kier alpha value is -2.06. The molecular formula is C61H113N2O6P. The first-order valence-corrected chi connectivity index (χ1v) is 30.8. The van der Waals surface area contributed by atoms with Gasteiger partial charge in [0.1, 0.15) is 13.2 Å². The predicted molar refractivity (Wildman–Crippen MR) is 302 cm³/mol. The van der Waals surface area contributed by atoms with Gasteiger partial charge >= 0.3 is 0 Å². The molecule has 0 aliphatic heterocycles. The normalized spacial score (nSPS) is 14.4. The van der Waals surface area contributed by atoms with E-state index in [2.05, 4.69) is 79.9 Å². The minimum absolute atomic E-state index is 0.0102. The third-order valence-corrected chi connectivity index (χ3v) is 13.8. The number of phosphoric ester groups is 1. The van der Waals surface area contributed by atoms with E-state index in [1.807, 2.05) is 27.2 Å². The highest BCUT2D eigenvalue weighted by molar-refractivity contribution is 7.45. The summed E-state index contributed by atoms with van der Waals surface area (Å²) in [6, 6.07) is -0.910. The van der Waals surface area contributed by atoms with Crippen LogP contribution in [0.2, 0.25) is 0 Å². The summed E-state index contributed by atoms with van der Waals surface area (Å²) in [5.74, 6) is -0.211. The highest BCUT2D eigenvalue weighted by Crippen LogP contribution is 2.38. The molecule has 0 aromatic carbocycles. The summed E-state index contributed by atoms with van der Waals surface area (Å²) in [5.41, 5.74) is 0. The van der Waals surface area contributed by atoms with Crippen LogP contribution in [0.3, 0.4) is 0 Å². The molecular weight excluding hydrogens is 888 g/mol. The van der Waals surface area contributed by atoms with Crippen molar-refractivity contribution in [3.8, 4) is 0 Å². The van der Waals surface area contributed by atoms with E-state index in [0.29, 0.717) is 17.4 Å². The minimum atomic E-state index is -4.61. The van der Waals surface area contributed by atoms with Crippen molar-refractivity contribution >= 4 is 13.7 Å². The van der Waals surface area contributed by atoms with E-state index < -0.39 is 26.6 Å². The van der Waals surface area contributed by atoms with Gasteiger partial charge in [0.2, 0.25) is 5.91 Å². The van der Waals surface area contributed by atoms with Crippen LogP contribution in [0.15, 0.2) is 72.9 Å². The van der Waals surface area contributed by atoms with Gasteiger partial charge in [0.05, 0.1) is 39.9 Å². The van der Waals surface area contributed by atoms with Crippen LogP contribution in [0, 0.1) is 0 Å². The molecule has 8 nitrogen and oxygen atoms in total. The molecule has 0 bridgehead atoms. The van der Waals surface area contributed by atoms with Gasteiger partial charge in [-0.25, -0.2) is 0 Å². The SMILES string of the molecule is CCCCC/C=C/CC/C=C/CC/C=C/C(O)C(COP(=O)([O-])OCC[N+](C)(C)C)NC(=O)CCCCCCCCCCCCCCCCCCCCCC/C=C\C/C=C\C/C=C\CCCCCCC. The van der Waals surface area contributed by atoms with Crippen LogP contribution in [0.1, 0.15) is 258 Å². The maximum Gasteiger partial charge on any atom is 0.268 e. The van der Waals surface area contributed by atoms with Gasteiger partial charge in [-0.2, -0.15) is 0 Å². The van der Waals surface area contributed by atoms with Crippen molar-refractivity contribution in [3.05, 3.63) is 72.9 Å². The first-order valence-electron chi connectivity index (χ1n) is 29.3. The third kappa shape index (κ3) is 53.7. The average molecular weight is 1000 g/mol. The molecule has 0 saturated carbocycles. The number of nitrogens with zero attached hydrogens (tertiary/aromatic N) is 1. The molecule has 0 aromatic heterocycles. The fourth-order valence-corrected chi connectivity index (χ4v) is 8.97. The van der Waals surface area contributed by atoms with Gasteiger partial charge in [-0.1, -0.05) is 241 Å². The van der Waals surface area contributed by atoms with E-state index >= 15 is 0 Å². The quantitative estimate of drug-likeness (QED) is 0.0272. The standard InChI is InChI=1S/C61H113N2O6P/c1-6-8-10-12-14-16-18-20-21-22-23-24-25-26-27-28-29-30-31-32-33-34-35-36-37-38-39-40-41-43-45-47-49-51-53-55-61(65)62-59(58-69-70(66,67)68-57-56-63(3,4)5)60(64)54-52-50-48-46-44-42-19-17-15-13-11-9-7-2/h15,17-18,20,22-23,25-26,44,46,52,54,59-60,64H,6-14,16,19,21,24,27-43,45,47-51,53,55-58H2,1-5H3,(H-,62,65,66,67)/b17-15+,20-18-,23-22-,26-25-,46-44+,54-52+. The summed E-state index contributed by atoms with van der Waals surface area (Å²) in [6.07, 6.45) is 71.5. The van der Waals surface area contributed by atoms with Crippen LogP contribution in [0.25, 0.3) is 0 Å². The largest absolute Gasteiger partial charge is 0.756 e. The van der Waals surface area contributed by atoms with Crippen molar-refractivity contribution < 1.29 is 32.9 Å². The van der Waals surface area contributed by atoms with E-state index in [1.165, 1.54) is 173 Å². The predicted octanol–water partition coefficient (Wildman–Crippen LogP) is 17.2. The molecule has 3 atom stereocenters. The minimum Gasteiger partial charge on any atom is -0.756 e. The Labute approximate surface area is 434 Å². The molecule has 0 aromatic rings. The van der Waals surface area contributed by atoms with E-state index in [0.717, 1.165) is 64.2 Å². The molecule has 408 valence electrons. The van der Waals surface area contributed by atoms with Gasteiger partial charge < -0.3 is 28.8 Å². The number of aliphatic hydroxyl groups excluding tert-OH is 1. The van der Waals surface area contributed by atoms with E-state index in [4.69, 9.17) is 9.05 Å². The Balaban J connectivity index is 4.01. The number of carbonyl (C=O) groups is 1. The van der Waals surface area contributed by atoms with Crippen molar-refractivity contribution in [2.24, 2.45) is 0 Å². The number of hydrogen-bond acceptors (Lipinski definition) is 6. The fourth-order valence-electron chi connectivity index (χ4n) is 8.25. The molecule has 0 heterocycles. The first kappa shape index (κ1) is 67.9. The number of rotatable bonds is 53. The number of phosphoric acid groups is 1. The summed E-state index contributed by atoms with van der Waals surface area (Å²) >= 11 is 0. The molecule has 9 heteroatoms. The van der Waals surface area contributed by atoms with Crippen LogP contribution < -0.4 is 10.2 Å². The zero-order chi connectivity index (χ0) is 51.3. The zero-order valence-electron chi connectivity index (χ0n) is 46.5. The van der Waals surface area contributed by atoms with E-state index in [-0.39, 0.29) is 12.5 Å². The number of carbonyl (C=O) groups excluding carboxylic acids is 1. The Bertz CT molecular complexity index is 1370. The number of hydrogen-bond donors (Lipinski definition) is 2. The lowest BCUT2D eigenvalue weighted by atomic mass is 10.0. The second-order valence-electron chi connectivity index (χ2n) is 21.0. The monoisotopic (exact) mass is 1000 g/mol. The second kappa shape index (κ2) is 51.8. The summed E-state index contributed by atoms with van der Waals surface area (Å²) < 4.78 is 23.3. The first-order chi connectivity index (χ1) is 34.0. The smallest absolute Gasteiger partial charge is 0.268 e. The highest BCUT2D eigenvalue weighted by atomic mass is 31.2. The van der Waals surface area contributed by atoms with Crippen LogP contribution in [0.4, 0.5) is 0 Å². The number of unbranched alkanes of at least 4 members (excludes halogenated alkanes) is 30. The molecule has 0 spiro atoms. The maximum atomic E-state index is 12.9. The van der Waals surface area contributed by atoms with Gasteiger partial charge in [0.15, 0.2) is 0 Å². The molecule has 3 unspecified atom stereocenters. The van der Waals surface area contributed by atoms with Crippen LogP contribution in [-0.4, -0.2) is 68.5 Å². The molecule has 0 aliphatic rings. The maximum absolute atomic E-state index is 12.9. The Morgan fingerprint density at radius 3 is 1.29 bits per heavy atom. The van der Waals surface area contributed by atoms with Crippen molar-refractivity contribution in [2.45, 2.75) is 270 Å². The van der Waals surface area contributed by atoms with Gasteiger partial charge in [-0.05, 0) is 83.5 Å². The molecule has 0 aliphatic carbocycles. The van der Waals surface area contributed by atoms with Crippen LogP contribution in [0.5, 0.6) is 0 Å². The van der Waals surface area contributed by atoms with Crippen molar-refractivity contribution in [1.29, 1.82) is 0 Å². The van der Waals surface area contributed by atoms with Gasteiger partial charge in [0, 0.05) is 6.42 Å². The molecule has 0 saturated heterocycles. The lowest BCUT2D eigenvalue weighted by Crippen LogP contribution is -2.45. The van der Waals surface area contributed by atoms with Crippen LogP contribution >= 0.6 is 7.82 Å². The lowest BCUT2D eigenvalue weighted by molar-refractivity contribution is -0.870. The Kier molecular flexibility index (Phi) is 50.3. The number of allylic oxidation sites excluding steroid dienone is 11. The van der Waals surface area contributed by atoms with Crippen molar-refractivity contribution in [3.63, 3.8) is 0 Å². The highest BCUT2D eigenvalue weighted by Gasteiger charge is 2.23. The van der Waals surface area contributed by atoms with E-state index in [9.17, 15) is 19.4 Å². The van der Waals surface area contributed by atoms with E-state index in [1.54, 1.807) is 6.08 Å². The van der Waals surface area contributed by atoms with Crippen LogP contribution in [-0.2, 0) is 18.4 Å². The Morgan fingerprint density at radius 2 is 0.843 bits per heavy atom. The number of aliphatic hydroxyl groups is 1. The molecule has 0 radical (unpaired) electrons. The number of nitrogens with one attached hydrogen (secondary N) is 1. The molecule has 70 heavy (non-hydrogen) atoms. The van der Waals surface area contributed by atoms with Crippen molar-refractivity contribution in [1.82, 2.24) is 5.32 Å². The summed E-state index contributed by atoms with van der Waals surface area (Å²) in [7, 11) is 1.23. The summed E-state index contributed by atoms with van der Waals surface area (Å²) in [5, 5.41) is 13.8. The average Bonchev–Trinajstić information content (AvgIpc) is 3.32. The van der Waals surface area contributed by atoms with Gasteiger partial charge in [0.25, 0.3) is 7.82 Å². The zero-order valence-corrected chi connectivity index (χ0v) is 47.4. The third-order valence-electron chi connectivity index (χ3n) is 12.9. The summed E-state index contributed by atoms with van der Waals surface area (Å²) in [4.78, 5) is 25.4. The van der Waals surface area contributed by atoms with Gasteiger partial charge in [-0.3, -0.25) is 9.36 Å². The van der Waals surface area contributed by atoms with Gasteiger partial charge in [-0.15, -0.1) is 0 Å². The fraction of sp³-hybridized carbons (Fsp3) is 0.787. The number of quaternary nitrogens is 1. The van der Waals surface area contributed by atoms with Crippen molar-refractivity contribution in [2.75, 3.05) is 40.9 Å². The molecule has 0 fully saturated rings. The number of likely N-dealkylation sites (N-methyl/N-ethyl adjacent to an activating group) is 1. The lowest BCUT2D eigenvalue weighted by Gasteiger charge is -2.29. The Morgan fingerprint density at radius 1 is 0.500 bits per heavy atom. The molecule has 0 rings (SSSR count). The summed E-state index contributed by atoms with van der Waals surface area (Å²) in [6.45, 7) is 4.58. The second-order valence-corrected chi connectivity index (χ2v) is 22.4. The molecule has 2 N–H and O–H groups in total. The topological polar surface area (TPSA) is 108 Å². The number of amides is 1. The molecule has 1 amide bonds.